The van der Waals surface area contributed by atoms with Gasteiger partial charge in [0.1, 0.15) is 6.04 Å². The minimum absolute atomic E-state index is 0.120. The van der Waals surface area contributed by atoms with Crippen LogP contribution < -0.4 is 15.5 Å². The Morgan fingerprint density at radius 3 is 2.59 bits per heavy atom. The molecule has 140 valence electrons. The first kappa shape index (κ1) is 17.5. The summed E-state index contributed by atoms with van der Waals surface area (Å²) in [6, 6.07) is 8.83. The highest BCUT2D eigenvalue weighted by Crippen LogP contribution is 2.23. The monoisotopic (exact) mass is 365 g/mol. The molecular formula is C20H23N5O2. The predicted octanol–water partition coefficient (Wildman–Crippen LogP) is 1.67. The summed E-state index contributed by atoms with van der Waals surface area (Å²) < 4.78 is 0. The van der Waals surface area contributed by atoms with Crippen LogP contribution in [0.3, 0.4) is 0 Å². The van der Waals surface area contributed by atoms with Crippen LogP contribution in [0, 0.1) is 6.92 Å². The third-order valence-corrected chi connectivity index (χ3v) is 5.03. The zero-order valence-corrected chi connectivity index (χ0v) is 15.4. The first-order valence-corrected chi connectivity index (χ1v) is 9.40. The van der Waals surface area contributed by atoms with Crippen molar-refractivity contribution in [3.8, 4) is 11.3 Å². The molecule has 7 heteroatoms. The molecule has 2 aliphatic heterocycles. The molecule has 0 unspecified atom stereocenters. The molecule has 27 heavy (non-hydrogen) atoms. The van der Waals surface area contributed by atoms with E-state index in [1.54, 1.807) is 12.1 Å². The Hall–Kier alpha value is -2.96. The number of amides is 2. The summed E-state index contributed by atoms with van der Waals surface area (Å²) in [6.07, 6.45) is 2.98. The van der Waals surface area contributed by atoms with E-state index in [1.807, 2.05) is 25.1 Å². The van der Waals surface area contributed by atoms with Crippen LogP contribution in [-0.4, -0.2) is 47.5 Å². The van der Waals surface area contributed by atoms with Crippen molar-refractivity contribution in [2.75, 3.05) is 24.5 Å². The molecule has 0 radical (unpaired) electrons. The van der Waals surface area contributed by atoms with Crippen LogP contribution in [0.4, 0.5) is 5.95 Å². The predicted molar refractivity (Wildman–Crippen MR) is 103 cm³/mol. The standard InChI is InChI=1S/C20H23N5O2/c1-13-12-17(24-20(22-13)25-10-2-3-11-25)14-4-6-15(7-5-14)18(26)23-16-8-9-21-19(16)27/h4-7,12,16H,2-3,8-11H2,1H3,(H,21,27)(H,23,26)/t16-/m0/s1. The largest absolute Gasteiger partial charge is 0.354 e. The number of carbonyl (C=O) groups is 2. The number of hydrogen-bond donors (Lipinski definition) is 2. The molecule has 1 aromatic heterocycles. The van der Waals surface area contributed by atoms with Gasteiger partial charge in [-0.15, -0.1) is 0 Å². The molecule has 2 saturated heterocycles. The molecule has 1 aromatic carbocycles. The lowest BCUT2D eigenvalue weighted by Gasteiger charge is -2.16. The number of hydrogen-bond acceptors (Lipinski definition) is 5. The molecule has 2 aliphatic rings. The summed E-state index contributed by atoms with van der Waals surface area (Å²) in [6.45, 7) is 4.57. The van der Waals surface area contributed by atoms with Crippen LogP contribution >= 0.6 is 0 Å². The highest BCUT2D eigenvalue weighted by Gasteiger charge is 2.25. The van der Waals surface area contributed by atoms with Gasteiger partial charge in [0.05, 0.1) is 5.69 Å². The van der Waals surface area contributed by atoms with Gasteiger partial charge in [-0.2, -0.15) is 0 Å². The third-order valence-electron chi connectivity index (χ3n) is 5.03. The van der Waals surface area contributed by atoms with E-state index in [4.69, 9.17) is 4.98 Å². The van der Waals surface area contributed by atoms with Gasteiger partial charge in [-0.05, 0) is 44.4 Å². The molecule has 2 aromatic rings. The van der Waals surface area contributed by atoms with Crippen molar-refractivity contribution in [1.29, 1.82) is 0 Å². The van der Waals surface area contributed by atoms with E-state index in [9.17, 15) is 9.59 Å². The molecule has 4 rings (SSSR count). The Bertz CT molecular complexity index is 859. The Labute approximate surface area is 158 Å². The van der Waals surface area contributed by atoms with E-state index in [0.717, 1.165) is 36.0 Å². The Kier molecular flexibility index (Phi) is 4.75. The number of nitrogens with zero attached hydrogens (tertiary/aromatic N) is 3. The maximum Gasteiger partial charge on any atom is 0.251 e. The van der Waals surface area contributed by atoms with E-state index >= 15 is 0 Å². The molecule has 1 atom stereocenters. The molecule has 0 spiro atoms. The minimum atomic E-state index is -0.440. The average molecular weight is 365 g/mol. The average Bonchev–Trinajstić information content (AvgIpc) is 3.34. The lowest BCUT2D eigenvalue weighted by molar-refractivity contribution is -0.120. The molecule has 7 nitrogen and oxygen atoms in total. The molecule has 0 aliphatic carbocycles. The maximum absolute atomic E-state index is 12.4. The van der Waals surface area contributed by atoms with Crippen LogP contribution in [0.1, 0.15) is 35.3 Å². The van der Waals surface area contributed by atoms with Crippen LogP contribution in [0.15, 0.2) is 30.3 Å². The molecule has 0 saturated carbocycles. The second-order valence-corrected chi connectivity index (χ2v) is 7.07. The Morgan fingerprint density at radius 1 is 1.19 bits per heavy atom. The maximum atomic E-state index is 12.4. The number of nitrogens with one attached hydrogen (secondary N) is 2. The van der Waals surface area contributed by atoms with E-state index in [0.29, 0.717) is 18.5 Å². The van der Waals surface area contributed by atoms with Crippen LogP contribution in [0.2, 0.25) is 0 Å². The highest BCUT2D eigenvalue weighted by atomic mass is 16.2. The molecule has 0 bridgehead atoms. The van der Waals surface area contributed by atoms with Gasteiger partial charge in [0.2, 0.25) is 11.9 Å². The van der Waals surface area contributed by atoms with Gasteiger partial charge in [0.15, 0.2) is 0 Å². The van der Waals surface area contributed by atoms with Crippen LogP contribution in [0.25, 0.3) is 11.3 Å². The number of carbonyl (C=O) groups excluding carboxylic acids is 2. The zero-order valence-electron chi connectivity index (χ0n) is 15.4. The topological polar surface area (TPSA) is 87.2 Å². The number of aromatic nitrogens is 2. The van der Waals surface area contributed by atoms with Gasteiger partial charge in [0, 0.05) is 36.5 Å². The lowest BCUT2D eigenvalue weighted by Crippen LogP contribution is -2.40. The van der Waals surface area contributed by atoms with Gasteiger partial charge >= 0.3 is 0 Å². The first-order chi connectivity index (χ1) is 13.1. The summed E-state index contributed by atoms with van der Waals surface area (Å²) in [4.78, 5) is 35.5. The van der Waals surface area contributed by atoms with Gasteiger partial charge in [0.25, 0.3) is 5.91 Å². The van der Waals surface area contributed by atoms with Crippen molar-refractivity contribution < 1.29 is 9.59 Å². The van der Waals surface area contributed by atoms with Crippen molar-refractivity contribution in [3.05, 3.63) is 41.6 Å². The second-order valence-electron chi connectivity index (χ2n) is 7.07. The first-order valence-electron chi connectivity index (χ1n) is 9.40. The van der Waals surface area contributed by atoms with Crippen molar-refractivity contribution in [2.45, 2.75) is 32.2 Å². The fourth-order valence-electron chi connectivity index (χ4n) is 3.52. The van der Waals surface area contributed by atoms with Crippen molar-refractivity contribution in [2.24, 2.45) is 0 Å². The summed E-state index contributed by atoms with van der Waals surface area (Å²) >= 11 is 0. The molecule has 2 amide bonds. The zero-order chi connectivity index (χ0) is 18.8. The summed E-state index contributed by atoms with van der Waals surface area (Å²) in [5, 5.41) is 5.50. The molecular weight excluding hydrogens is 342 g/mol. The quantitative estimate of drug-likeness (QED) is 0.861. The van der Waals surface area contributed by atoms with Crippen LogP contribution in [-0.2, 0) is 4.79 Å². The molecule has 2 N–H and O–H groups in total. The van der Waals surface area contributed by atoms with Gasteiger partial charge < -0.3 is 15.5 Å². The summed E-state index contributed by atoms with van der Waals surface area (Å²) in [5.74, 6) is 0.419. The normalized spacial score (nSPS) is 19.2. The number of rotatable bonds is 4. The second kappa shape index (κ2) is 7.34. The number of anilines is 1. The SMILES string of the molecule is Cc1cc(-c2ccc(C(=O)N[C@H]3CCNC3=O)cc2)nc(N2CCCC2)n1. The van der Waals surface area contributed by atoms with Gasteiger partial charge in [-0.25, -0.2) is 9.97 Å². The fraction of sp³-hybridized carbons (Fsp3) is 0.400. The van der Waals surface area contributed by atoms with Gasteiger partial charge in [-0.3, -0.25) is 9.59 Å². The number of benzene rings is 1. The summed E-state index contributed by atoms with van der Waals surface area (Å²) in [5.41, 5.74) is 3.25. The van der Waals surface area contributed by atoms with E-state index in [2.05, 4.69) is 20.5 Å². The molecule has 2 fully saturated rings. The molecule has 3 heterocycles. The minimum Gasteiger partial charge on any atom is -0.354 e. The summed E-state index contributed by atoms with van der Waals surface area (Å²) in [7, 11) is 0. The fourth-order valence-corrected chi connectivity index (χ4v) is 3.52. The van der Waals surface area contributed by atoms with Crippen LogP contribution in [0.5, 0.6) is 0 Å². The van der Waals surface area contributed by atoms with Crippen molar-refractivity contribution in [1.82, 2.24) is 20.6 Å². The van der Waals surface area contributed by atoms with Crippen molar-refractivity contribution >= 4 is 17.8 Å². The Balaban J connectivity index is 1.51. The highest BCUT2D eigenvalue weighted by molar-refractivity contribution is 5.98. The lowest BCUT2D eigenvalue weighted by atomic mass is 10.1. The van der Waals surface area contributed by atoms with E-state index in [1.165, 1.54) is 12.8 Å². The smallest absolute Gasteiger partial charge is 0.251 e. The Morgan fingerprint density at radius 2 is 1.93 bits per heavy atom. The van der Waals surface area contributed by atoms with E-state index < -0.39 is 6.04 Å². The number of aryl methyl sites for hydroxylation is 1. The van der Waals surface area contributed by atoms with E-state index in [-0.39, 0.29) is 11.8 Å². The third kappa shape index (κ3) is 3.77. The van der Waals surface area contributed by atoms with Gasteiger partial charge in [-0.1, -0.05) is 12.1 Å². The van der Waals surface area contributed by atoms with Crippen molar-refractivity contribution in [3.63, 3.8) is 0 Å².